The zero-order valence-corrected chi connectivity index (χ0v) is 16.7. The van der Waals surface area contributed by atoms with Crippen LogP contribution in [0.5, 0.6) is 17.2 Å². The third kappa shape index (κ3) is 5.51. The number of fused-ring (bicyclic) bond motifs is 1. The van der Waals surface area contributed by atoms with Gasteiger partial charge in [-0.1, -0.05) is 42.5 Å². The molecule has 0 unspecified atom stereocenters. The number of hydrogen-bond acceptors (Lipinski definition) is 4. The van der Waals surface area contributed by atoms with Crippen LogP contribution in [0.15, 0.2) is 66.7 Å². The number of benzene rings is 3. The van der Waals surface area contributed by atoms with Gasteiger partial charge < -0.3 is 19.5 Å². The lowest BCUT2D eigenvalue weighted by Gasteiger charge is -2.10. The van der Waals surface area contributed by atoms with E-state index in [9.17, 15) is 4.79 Å². The molecule has 0 fully saturated rings. The number of carbonyl (C=O) groups excluding carboxylic acids is 1. The first-order valence-electron chi connectivity index (χ1n) is 9.58. The Morgan fingerprint density at radius 1 is 0.966 bits per heavy atom. The van der Waals surface area contributed by atoms with Crippen molar-refractivity contribution in [1.82, 2.24) is 5.32 Å². The summed E-state index contributed by atoms with van der Waals surface area (Å²) in [5.74, 6) is 1.95. The summed E-state index contributed by atoms with van der Waals surface area (Å²) >= 11 is 0. The maximum atomic E-state index is 12.1. The molecule has 0 aliphatic carbocycles. The molecule has 1 amide bonds. The molecule has 5 heteroatoms. The van der Waals surface area contributed by atoms with Gasteiger partial charge in [-0.25, -0.2) is 0 Å². The average Bonchev–Trinajstić information content (AvgIpc) is 2.76. The summed E-state index contributed by atoms with van der Waals surface area (Å²) in [5, 5.41) is 5.01. The van der Waals surface area contributed by atoms with Gasteiger partial charge in [0.1, 0.15) is 12.4 Å². The van der Waals surface area contributed by atoms with Gasteiger partial charge in [0.2, 0.25) is 5.91 Å². The fraction of sp³-hybridized carbons (Fsp3) is 0.208. The summed E-state index contributed by atoms with van der Waals surface area (Å²) in [4.78, 5) is 12.1. The first kappa shape index (κ1) is 20.3. The molecule has 0 aromatic heterocycles. The first-order valence-corrected chi connectivity index (χ1v) is 9.58. The van der Waals surface area contributed by atoms with Gasteiger partial charge in [-0.2, -0.15) is 0 Å². The van der Waals surface area contributed by atoms with E-state index < -0.39 is 0 Å². The Morgan fingerprint density at radius 3 is 2.62 bits per heavy atom. The van der Waals surface area contributed by atoms with E-state index in [1.807, 2.05) is 67.6 Å². The molecule has 0 saturated carbocycles. The lowest BCUT2D eigenvalue weighted by Crippen LogP contribution is -2.26. The lowest BCUT2D eigenvalue weighted by atomic mass is 10.1. The minimum atomic E-state index is -0.181. The zero-order chi connectivity index (χ0) is 20.5. The van der Waals surface area contributed by atoms with Crippen LogP contribution in [0.3, 0.4) is 0 Å². The van der Waals surface area contributed by atoms with Gasteiger partial charge in [-0.15, -0.1) is 0 Å². The highest BCUT2D eigenvalue weighted by Gasteiger charge is 2.05. The Hall–Kier alpha value is -3.47. The summed E-state index contributed by atoms with van der Waals surface area (Å²) in [7, 11) is 1.59. The third-order valence-electron chi connectivity index (χ3n) is 4.32. The number of carbonyl (C=O) groups is 1. The predicted octanol–water partition coefficient (Wildman–Crippen LogP) is 4.46. The Labute approximate surface area is 170 Å². The number of hydrogen-bond donors (Lipinski definition) is 1. The zero-order valence-electron chi connectivity index (χ0n) is 16.7. The van der Waals surface area contributed by atoms with Crippen molar-refractivity contribution in [2.45, 2.75) is 6.92 Å². The molecule has 5 nitrogen and oxygen atoms in total. The summed E-state index contributed by atoms with van der Waals surface area (Å²) in [6.07, 6.45) is 3.23. The van der Waals surface area contributed by atoms with Crippen molar-refractivity contribution in [3.8, 4) is 17.2 Å². The van der Waals surface area contributed by atoms with Crippen LogP contribution in [-0.2, 0) is 4.79 Å². The Bertz CT molecular complexity index is 992. The van der Waals surface area contributed by atoms with Crippen LogP contribution >= 0.6 is 0 Å². The second-order valence-electron chi connectivity index (χ2n) is 6.29. The summed E-state index contributed by atoms with van der Waals surface area (Å²) in [6, 6.07) is 19.5. The molecule has 3 aromatic rings. The van der Waals surface area contributed by atoms with Gasteiger partial charge in [0.05, 0.1) is 20.3 Å². The van der Waals surface area contributed by atoms with Crippen LogP contribution in [0.4, 0.5) is 0 Å². The van der Waals surface area contributed by atoms with Gasteiger partial charge in [0, 0.05) is 11.5 Å². The molecule has 0 radical (unpaired) electrons. The van der Waals surface area contributed by atoms with Crippen LogP contribution in [0.1, 0.15) is 12.5 Å². The van der Waals surface area contributed by atoms with Crippen molar-refractivity contribution in [3.05, 3.63) is 72.3 Å². The van der Waals surface area contributed by atoms with Crippen molar-refractivity contribution in [1.29, 1.82) is 0 Å². The smallest absolute Gasteiger partial charge is 0.244 e. The monoisotopic (exact) mass is 391 g/mol. The van der Waals surface area contributed by atoms with Crippen molar-refractivity contribution in [2.75, 3.05) is 26.9 Å². The van der Waals surface area contributed by atoms with Crippen LogP contribution in [0.2, 0.25) is 0 Å². The molecule has 3 rings (SSSR count). The van der Waals surface area contributed by atoms with E-state index in [0.29, 0.717) is 31.3 Å². The number of amides is 1. The van der Waals surface area contributed by atoms with E-state index in [4.69, 9.17) is 14.2 Å². The molecule has 0 atom stereocenters. The number of nitrogens with one attached hydrogen (secondary N) is 1. The van der Waals surface area contributed by atoms with Crippen molar-refractivity contribution >= 4 is 22.8 Å². The molecular formula is C24H25NO4. The van der Waals surface area contributed by atoms with Crippen LogP contribution < -0.4 is 19.5 Å². The fourth-order valence-electron chi connectivity index (χ4n) is 2.95. The Morgan fingerprint density at radius 2 is 1.79 bits per heavy atom. The maximum Gasteiger partial charge on any atom is 0.244 e. The molecule has 0 saturated heterocycles. The SMILES string of the molecule is CCOc1ccc(/C=C/C(=O)NCCOc2cccc3ccccc23)cc1OC. The van der Waals surface area contributed by atoms with Gasteiger partial charge in [-0.3, -0.25) is 4.79 Å². The molecule has 1 N–H and O–H groups in total. The van der Waals surface area contributed by atoms with E-state index in [-0.39, 0.29) is 5.91 Å². The highest BCUT2D eigenvalue weighted by molar-refractivity contribution is 5.91. The predicted molar refractivity (Wildman–Crippen MR) is 116 cm³/mol. The highest BCUT2D eigenvalue weighted by atomic mass is 16.5. The summed E-state index contributed by atoms with van der Waals surface area (Å²) in [6.45, 7) is 3.29. The number of rotatable bonds is 9. The summed E-state index contributed by atoms with van der Waals surface area (Å²) < 4.78 is 16.6. The normalized spacial score (nSPS) is 10.8. The third-order valence-corrected chi connectivity index (χ3v) is 4.32. The Kier molecular flexibility index (Phi) is 7.11. The fourth-order valence-corrected chi connectivity index (χ4v) is 2.95. The lowest BCUT2D eigenvalue weighted by molar-refractivity contribution is -0.116. The topological polar surface area (TPSA) is 56.8 Å². The summed E-state index contributed by atoms with van der Waals surface area (Å²) in [5.41, 5.74) is 0.854. The van der Waals surface area contributed by atoms with Crippen LogP contribution in [0.25, 0.3) is 16.8 Å². The Balaban J connectivity index is 1.50. The minimum absolute atomic E-state index is 0.181. The van der Waals surface area contributed by atoms with E-state index in [1.54, 1.807) is 13.2 Å². The standard InChI is InChI=1S/C24H25NO4/c1-3-28-22-13-11-18(17-23(22)27-2)12-14-24(26)25-15-16-29-21-10-6-8-19-7-4-5-9-20(19)21/h4-14,17H,3,15-16H2,1-2H3,(H,25,26)/b14-12+. The molecular weight excluding hydrogens is 366 g/mol. The molecule has 0 spiro atoms. The molecule has 0 aliphatic rings. The largest absolute Gasteiger partial charge is 0.493 e. The van der Waals surface area contributed by atoms with Crippen molar-refractivity contribution in [2.24, 2.45) is 0 Å². The van der Waals surface area contributed by atoms with Crippen LogP contribution in [0, 0.1) is 0 Å². The maximum absolute atomic E-state index is 12.1. The average molecular weight is 391 g/mol. The van der Waals surface area contributed by atoms with E-state index in [0.717, 1.165) is 22.1 Å². The van der Waals surface area contributed by atoms with Crippen molar-refractivity contribution < 1.29 is 19.0 Å². The van der Waals surface area contributed by atoms with Gasteiger partial charge >= 0.3 is 0 Å². The van der Waals surface area contributed by atoms with E-state index in [2.05, 4.69) is 5.32 Å². The molecule has 0 bridgehead atoms. The van der Waals surface area contributed by atoms with E-state index >= 15 is 0 Å². The number of methoxy groups -OCH3 is 1. The molecule has 0 heterocycles. The molecule has 3 aromatic carbocycles. The second-order valence-corrected chi connectivity index (χ2v) is 6.29. The van der Waals surface area contributed by atoms with Crippen molar-refractivity contribution in [3.63, 3.8) is 0 Å². The molecule has 0 aliphatic heterocycles. The quantitative estimate of drug-likeness (QED) is 0.432. The van der Waals surface area contributed by atoms with Gasteiger partial charge in [0.15, 0.2) is 11.5 Å². The van der Waals surface area contributed by atoms with Gasteiger partial charge in [-0.05, 0) is 42.1 Å². The van der Waals surface area contributed by atoms with Gasteiger partial charge in [0.25, 0.3) is 0 Å². The molecule has 29 heavy (non-hydrogen) atoms. The first-order chi connectivity index (χ1) is 14.2. The molecule has 150 valence electrons. The minimum Gasteiger partial charge on any atom is -0.493 e. The van der Waals surface area contributed by atoms with E-state index in [1.165, 1.54) is 6.08 Å². The number of ether oxygens (including phenoxy) is 3. The van der Waals surface area contributed by atoms with Crippen LogP contribution in [-0.4, -0.2) is 32.8 Å². The second kappa shape index (κ2) is 10.2. The highest BCUT2D eigenvalue weighted by Crippen LogP contribution is 2.28.